The number of hydrogen-bond acceptors (Lipinski definition) is 2. The van der Waals surface area contributed by atoms with E-state index in [1.54, 1.807) is 6.92 Å². The predicted octanol–water partition coefficient (Wildman–Crippen LogP) is 1.49. The van der Waals surface area contributed by atoms with Crippen LogP contribution in [0.4, 0.5) is 0 Å². The highest BCUT2D eigenvalue weighted by molar-refractivity contribution is 5.92. The van der Waals surface area contributed by atoms with Crippen LogP contribution in [0, 0.1) is 19.3 Å². The molecular weight excluding hydrogens is 180 g/mol. The molecule has 0 bridgehead atoms. The van der Waals surface area contributed by atoms with E-state index in [0.717, 1.165) is 0 Å². The molecule has 1 N–H and O–H groups in total. The van der Waals surface area contributed by atoms with Crippen LogP contribution < -0.4 is 0 Å². The Kier molecular flexibility index (Phi) is 2.68. The minimum atomic E-state index is -1.08. The molecule has 0 aromatic heterocycles. The number of carboxylic acids is 1. The third-order valence-electron chi connectivity index (χ3n) is 1.95. The maximum Gasteiger partial charge on any atom is 0.336 e. The lowest BCUT2D eigenvalue weighted by atomic mass is 9.99. The van der Waals surface area contributed by atoms with Crippen LogP contribution in [-0.2, 0) is 0 Å². The monoisotopic (exact) mass is 188 g/mol. The average molecular weight is 188 g/mol. The quantitative estimate of drug-likeness (QED) is 0.565. The van der Waals surface area contributed by atoms with Crippen molar-refractivity contribution >= 4 is 12.3 Å². The second-order valence-corrected chi connectivity index (χ2v) is 2.81. The lowest BCUT2D eigenvalue weighted by Gasteiger charge is -2.04. The van der Waals surface area contributed by atoms with Crippen LogP contribution in [0.3, 0.4) is 0 Å². The van der Waals surface area contributed by atoms with Crippen LogP contribution in [0.25, 0.3) is 0 Å². The smallest absolute Gasteiger partial charge is 0.336 e. The van der Waals surface area contributed by atoms with Crippen LogP contribution in [0.15, 0.2) is 12.1 Å². The zero-order valence-corrected chi connectivity index (χ0v) is 7.57. The minimum absolute atomic E-state index is 0.0718. The molecule has 0 aliphatic rings. The number of carboxylic acid groups (broad SMARTS) is 1. The molecule has 14 heavy (non-hydrogen) atoms. The molecule has 3 heteroatoms. The van der Waals surface area contributed by atoms with Crippen molar-refractivity contribution in [2.75, 3.05) is 0 Å². The number of terminal acetylenes is 1. The Morgan fingerprint density at radius 2 is 2.21 bits per heavy atom. The molecule has 1 aromatic carbocycles. The van der Waals surface area contributed by atoms with Gasteiger partial charge in [0.25, 0.3) is 0 Å². The molecular formula is C11H8O3. The Morgan fingerprint density at radius 3 is 2.64 bits per heavy atom. The Hall–Kier alpha value is -2.08. The maximum atomic E-state index is 10.8. The van der Waals surface area contributed by atoms with Gasteiger partial charge in [0.2, 0.25) is 0 Å². The molecule has 0 aliphatic heterocycles. The topological polar surface area (TPSA) is 54.4 Å². The lowest BCUT2D eigenvalue weighted by Crippen LogP contribution is -2.03. The highest BCUT2D eigenvalue weighted by Crippen LogP contribution is 2.15. The molecule has 0 spiro atoms. The molecule has 0 amide bonds. The van der Waals surface area contributed by atoms with E-state index in [1.807, 2.05) is 0 Å². The van der Waals surface area contributed by atoms with Gasteiger partial charge in [-0.2, -0.15) is 0 Å². The summed E-state index contributed by atoms with van der Waals surface area (Å²) in [6.45, 7) is 1.62. The highest BCUT2D eigenvalue weighted by atomic mass is 16.4. The summed E-state index contributed by atoms with van der Waals surface area (Å²) in [4.78, 5) is 21.3. The number of hydrogen-bond donors (Lipinski definition) is 1. The van der Waals surface area contributed by atoms with E-state index in [1.165, 1.54) is 12.1 Å². The van der Waals surface area contributed by atoms with Crippen LogP contribution >= 0.6 is 0 Å². The largest absolute Gasteiger partial charge is 0.478 e. The maximum absolute atomic E-state index is 10.8. The molecule has 0 aliphatic carbocycles. The van der Waals surface area contributed by atoms with Crippen molar-refractivity contribution < 1.29 is 14.7 Å². The number of carbonyl (C=O) groups excluding carboxylic acids is 1. The van der Waals surface area contributed by atoms with Crippen LogP contribution in [-0.4, -0.2) is 17.4 Å². The van der Waals surface area contributed by atoms with Gasteiger partial charge in [0.1, 0.15) is 6.29 Å². The van der Waals surface area contributed by atoms with Crippen molar-refractivity contribution in [1.82, 2.24) is 0 Å². The van der Waals surface area contributed by atoms with Gasteiger partial charge in [0, 0.05) is 11.1 Å². The Labute approximate surface area is 81.4 Å². The second-order valence-electron chi connectivity index (χ2n) is 2.81. The summed E-state index contributed by atoms with van der Waals surface area (Å²) in [6, 6.07) is 2.81. The number of aldehydes is 1. The second kappa shape index (κ2) is 3.75. The zero-order chi connectivity index (χ0) is 10.7. The summed E-state index contributed by atoms with van der Waals surface area (Å²) in [5.41, 5.74) is 1.29. The van der Waals surface area contributed by atoms with E-state index in [0.29, 0.717) is 17.4 Å². The third-order valence-corrected chi connectivity index (χ3v) is 1.95. The Bertz CT molecular complexity index is 439. The van der Waals surface area contributed by atoms with Crippen molar-refractivity contribution in [3.8, 4) is 12.3 Å². The SMILES string of the molecule is C#Cc1cc(C=O)cc(C(=O)O)c1C. The fraction of sp³-hybridized carbons (Fsp3) is 0.0909. The summed E-state index contributed by atoms with van der Waals surface area (Å²) in [5.74, 6) is 1.26. The van der Waals surface area contributed by atoms with Gasteiger partial charge in [0.05, 0.1) is 5.56 Å². The van der Waals surface area contributed by atoms with Gasteiger partial charge < -0.3 is 5.11 Å². The molecule has 0 radical (unpaired) electrons. The molecule has 0 fully saturated rings. The summed E-state index contributed by atoms with van der Waals surface area (Å²) in [5, 5.41) is 8.82. The molecule has 0 atom stereocenters. The van der Waals surface area contributed by atoms with E-state index in [9.17, 15) is 9.59 Å². The van der Waals surface area contributed by atoms with Gasteiger partial charge in [-0.3, -0.25) is 4.79 Å². The van der Waals surface area contributed by atoms with E-state index < -0.39 is 5.97 Å². The molecule has 0 saturated heterocycles. The lowest BCUT2D eigenvalue weighted by molar-refractivity contribution is 0.0696. The number of aromatic carboxylic acids is 1. The Balaban J connectivity index is 3.51. The van der Waals surface area contributed by atoms with Gasteiger partial charge >= 0.3 is 5.97 Å². The van der Waals surface area contributed by atoms with E-state index >= 15 is 0 Å². The first kappa shape index (κ1) is 10.0. The number of rotatable bonds is 2. The molecule has 0 heterocycles. The normalized spacial score (nSPS) is 9.14. The number of carbonyl (C=O) groups is 2. The van der Waals surface area contributed by atoms with Crippen LogP contribution in [0.1, 0.15) is 31.8 Å². The van der Waals surface area contributed by atoms with E-state index in [4.69, 9.17) is 11.5 Å². The fourth-order valence-corrected chi connectivity index (χ4v) is 1.18. The molecule has 0 unspecified atom stereocenters. The molecule has 3 nitrogen and oxygen atoms in total. The van der Waals surface area contributed by atoms with E-state index in [-0.39, 0.29) is 11.1 Å². The van der Waals surface area contributed by atoms with E-state index in [2.05, 4.69) is 5.92 Å². The van der Waals surface area contributed by atoms with Crippen LogP contribution in [0.5, 0.6) is 0 Å². The van der Waals surface area contributed by atoms with Crippen molar-refractivity contribution in [1.29, 1.82) is 0 Å². The van der Waals surface area contributed by atoms with Gasteiger partial charge in [-0.25, -0.2) is 4.79 Å². The van der Waals surface area contributed by atoms with Crippen molar-refractivity contribution in [2.45, 2.75) is 6.92 Å². The summed E-state index contributed by atoms with van der Waals surface area (Å²) in [6.07, 6.45) is 5.76. The molecule has 0 saturated carbocycles. The zero-order valence-electron chi connectivity index (χ0n) is 7.57. The summed E-state index contributed by atoms with van der Waals surface area (Å²) >= 11 is 0. The van der Waals surface area contributed by atoms with Gasteiger partial charge in [0.15, 0.2) is 0 Å². The van der Waals surface area contributed by atoms with Gasteiger partial charge in [-0.05, 0) is 24.6 Å². The van der Waals surface area contributed by atoms with Crippen molar-refractivity contribution in [3.63, 3.8) is 0 Å². The first-order valence-corrected chi connectivity index (χ1v) is 3.90. The van der Waals surface area contributed by atoms with Crippen molar-refractivity contribution in [2.24, 2.45) is 0 Å². The highest BCUT2D eigenvalue weighted by Gasteiger charge is 2.11. The Morgan fingerprint density at radius 1 is 1.57 bits per heavy atom. The van der Waals surface area contributed by atoms with Gasteiger partial charge in [-0.1, -0.05) is 5.92 Å². The summed E-state index contributed by atoms with van der Waals surface area (Å²) in [7, 11) is 0. The number of benzene rings is 1. The van der Waals surface area contributed by atoms with Crippen molar-refractivity contribution in [3.05, 3.63) is 34.4 Å². The van der Waals surface area contributed by atoms with Gasteiger partial charge in [-0.15, -0.1) is 6.42 Å². The predicted molar refractivity (Wildman–Crippen MR) is 51.5 cm³/mol. The molecule has 70 valence electrons. The average Bonchev–Trinajstić information content (AvgIpc) is 2.17. The molecule has 1 aromatic rings. The summed E-state index contributed by atoms with van der Waals surface area (Å²) < 4.78 is 0. The standard InChI is InChI=1S/C11H8O3/c1-3-9-4-8(6-12)5-10(7(9)2)11(13)14/h1,4-6H,2H3,(H,13,14). The third kappa shape index (κ3) is 1.64. The van der Waals surface area contributed by atoms with Crippen LogP contribution in [0.2, 0.25) is 0 Å². The minimum Gasteiger partial charge on any atom is -0.478 e. The fourth-order valence-electron chi connectivity index (χ4n) is 1.18. The first-order chi connectivity index (χ1) is 6.60. The molecule has 1 rings (SSSR count). The first-order valence-electron chi connectivity index (χ1n) is 3.90.